The van der Waals surface area contributed by atoms with E-state index in [-0.39, 0.29) is 22.6 Å². The van der Waals surface area contributed by atoms with Gasteiger partial charge in [0.15, 0.2) is 0 Å². The molecule has 0 radical (unpaired) electrons. The molecule has 1 N–H and O–H groups in total. The summed E-state index contributed by atoms with van der Waals surface area (Å²) in [5.41, 5.74) is 0. The van der Waals surface area contributed by atoms with E-state index < -0.39 is 12.1 Å². The van der Waals surface area contributed by atoms with Crippen LogP contribution < -0.4 is 5.32 Å². The van der Waals surface area contributed by atoms with E-state index in [0.29, 0.717) is 16.6 Å². The lowest BCUT2D eigenvalue weighted by Gasteiger charge is -2.05. The van der Waals surface area contributed by atoms with E-state index in [9.17, 15) is 9.18 Å². The Labute approximate surface area is 117 Å². The van der Waals surface area contributed by atoms with Crippen molar-refractivity contribution in [3.8, 4) is 0 Å². The molecule has 0 saturated heterocycles. The number of halogens is 3. The number of fused-ring (bicyclic) bond motifs is 1. The summed E-state index contributed by atoms with van der Waals surface area (Å²) in [6.07, 6.45) is 0.741. The second-order valence-electron chi connectivity index (χ2n) is 4.37. The number of carbonyl (C=O) groups is 1. The highest BCUT2D eigenvalue weighted by Crippen LogP contribution is 2.34. The monoisotopic (exact) mass is 299 g/mol. The van der Waals surface area contributed by atoms with Crippen molar-refractivity contribution in [2.24, 2.45) is 5.92 Å². The van der Waals surface area contributed by atoms with Crippen LogP contribution in [-0.4, -0.2) is 22.0 Å². The summed E-state index contributed by atoms with van der Waals surface area (Å²) in [6.45, 7) is 0. The highest BCUT2D eigenvalue weighted by atomic mass is 35.5. The van der Waals surface area contributed by atoms with E-state index >= 15 is 0 Å². The molecule has 0 spiro atoms. The van der Waals surface area contributed by atoms with Crippen LogP contribution in [0.2, 0.25) is 10.3 Å². The summed E-state index contributed by atoms with van der Waals surface area (Å²) >= 11 is 11.7. The zero-order valence-corrected chi connectivity index (χ0v) is 11.0. The van der Waals surface area contributed by atoms with Crippen LogP contribution in [-0.2, 0) is 4.79 Å². The fourth-order valence-electron chi connectivity index (χ4n) is 1.80. The van der Waals surface area contributed by atoms with Crippen LogP contribution in [0.4, 0.5) is 10.2 Å². The van der Waals surface area contributed by atoms with Gasteiger partial charge in [-0.25, -0.2) is 14.4 Å². The van der Waals surface area contributed by atoms with Gasteiger partial charge in [-0.1, -0.05) is 23.2 Å². The molecule has 7 heteroatoms. The van der Waals surface area contributed by atoms with Gasteiger partial charge in [-0.3, -0.25) is 4.79 Å². The average Bonchev–Trinajstić information content (AvgIpc) is 3.05. The topological polar surface area (TPSA) is 54.9 Å². The maximum absolute atomic E-state index is 12.8. The Balaban J connectivity index is 1.91. The van der Waals surface area contributed by atoms with Gasteiger partial charge in [0.1, 0.15) is 22.3 Å². The Morgan fingerprint density at radius 3 is 2.84 bits per heavy atom. The third kappa shape index (κ3) is 2.48. The largest absolute Gasteiger partial charge is 0.310 e. The molecule has 0 unspecified atom stereocenters. The van der Waals surface area contributed by atoms with Crippen molar-refractivity contribution in [2.45, 2.75) is 12.6 Å². The molecular weight excluding hydrogens is 292 g/mol. The molecule has 2 atom stereocenters. The predicted molar refractivity (Wildman–Crippen MR) is 71.2 cm³/mol. The zero-order chi connectivity index (χ0) is 13.6. The number of nitrogens with one attached hydrogen (secondary N) is 1. The first-order valence-corrected chi connectivity index (χ1v) is 6.37. The molecule has 0 bridgehead atoms. The molecule has 19 heavy (non-hydrogen) atoms. The van der Waals surface area contributed by atoms with Crippen LogP contribution in [0, 0.1) is 5.92 Å². The van der Waals surface area contributed by atoms with Crippen molar-refractivity contribution < 1.29 is 9.18 Å². The minimum Gasteiger partial charge on any atom is -0.310 e. The predicted octanol–water partition coefficient (Wildman–Crippen LogP) is 3.23. The normalized spacial score (nSPS) is 21.4. The van der Waals surface area contributed by atoms with Crippen LogP contribution >= 0.6 is 23.2 Å². The number of hydrogen-bond donors (Lipinski definition) is 1. The molecule has 1 aliphatic carbocycles. The Morgan fingerprint density at radius 1 is 1.42 bits per heavy atom. The van der Waals surface area contributed by atoms with E-state index in [1.165, 1.54) is 6.20 Å². The van der Waals surface area contributed by atoms with Crippen LogP contribution in [0.5, 0.6) is 0 Å². The molecule has 1 fully saturated rings. The third-order valence-electron chi connectivity index (χ3n) is 2.94. The average molecular weight is 300 g/mol. The Hall–Kier alpha value is -1.46. The number of alkyl halides is 1. The van der Waals surface area contributed by atoms with Gasteiger partial charge in [-0.05, 0) is 23.9 Å². The van der Waals surface area contributed by atoms with Gasteiger partial charge < -0.3 is 5.32 Å². The standard InChI is InChI=1S/C12H8Cl2FN3O/c13-9-1-5-2-10(16-4-7(5)11(14)17-9)18-12(19)6-3-8(6)15/h1-2,4,6,8H,3H2,(H,16,18,19)/t6-,8-/m0/s1. The van der Waals surface area contributed by atoms with Crippen LogP contribution in [0.15, 0.2) is 18.3 Å². The van der Waals surface area contributed by atoms with Gasteiger partial charge in [0.25, 0.3) is 0 Å². The SMILES string of the molecule is O=C(Nc1cc2cc(Cl)nc(Cl)c2cn1)[C@H]1C[C@@H]1F. The molecular formula is C12H8Cl2FN3O. The van der Waals surface area contributed by atoms with Gasteiger partial charge in [-0.2, -0.15) is 0 Å². The summed E-state index contributed by atoms with van der Waals surface area (Å²) in [5.74, 6) is -0.567. The smallest absolute Gasteiger partial charge is 0.231 e. The molecule has 98 valence electrons. The van der Waals surface area contributed by atoms with E-state index in [0.717, 1.165) is 0 Å². The summed E-state index contributed by atoms with van der Waals surface area (Å²) in [6, 6.07) is 3.25. The zero-order valence-electron chi connectivity index (χ0n) is 9.53. The lowest BCUT2D eigenvalue weighted by Crippen LogP contribution is -2.15. The first kappa shape index (κ1) is 12.6. The van der Waals surface area contributed by atoms with Crippen molar-refractivity contribution in [2.75, 3.05) is 5.32 Å². The number of hydrogen-bond acceptors (Lipinski definition) is 3. The van der Waals surface area contributed by atoms with E-state index in [2.05, 4.69) is 15.3 Å². The Kier molecular flexibility index (Phi) is 3.03. The minimum absolute atomic E-state index is 0.249. The van der Waals surface area contributed by atoms with Crippen molar-refractivity contribution in [3.05, 3.63) is 28.6 Å². The number of aromatic nitrogens is 2. The number of amides is 1. The fraction of sp³-hybridized carbons (Fsp3) is 0.250. The maximum Gasteiger partial charge on any atom is 0.231 e. The van der Waals surface area contributed by atoms with Crippen molar-refractivity contribution in [1.82, 2.24) is 9.97 Å². The van der Waals surface area contributed by atoms with E-state index in [1.54, 1.807) is 12.1 Å². The highest BCUT2D eigenvalue weighted by molar-refractivity contribution is 6.36. The first-order chi connectivity index (χ1) is 9.04. The summed E-state index contributed by atoms with van der Waals surface area (Å²) in [5, 5.41) is 4.42. The van der Waals surface area contributed by atoms with Gasteiger partial charge in [0.2, 0.25) is 5.91 Å². The molecule has 2 heterocycles. The number of carbonyl (C=O) groups excluding carboxylic acids is 1. The summed E-state index contributed by atoms with van der Waals surface area (Å²) in [7, 11) is 0. The molecule has 4 nitrogen and oxygen atoms in total. The molecule has 2 aromatic heterocycles. The second kappa shape index (κ2) is 4.58. The van der Waals surface area contributed by atoms with E-state index in [4.69, 9.17) is 23.2 Å². The maximum atomic E-state index is 12.8. The Morgan fingerprint density at radius 2 is 2.16 bits per heavy atom. The highest BCUT2D eigenvalue weighted by Gasteiger charge is 2.43. The summed E-state index contributed by atoms with van der Waals surface area (Å²) < 4.78 is 12.8. The molecule has 1 amide bonds. The molecule has 3 rings (SSSR count). The number of nitrogens with zero attached hydrogens (tertiary/aromatic N) is 2. The third-order valence-corrected chi connectivity index (χ3v) is 3.42. The van der Waals surface area contributed by atoms with Gasteiger partial charge >= 0.3 is 0 Å². The first-order valence-electron chi connectivity index (χ1n) is 5.61. The van der Waals surface area contributed by atoms with Gasteiger partial charge in [0, 0.05) is 11.6 Å². The molecule has 0 aromatic carbocycles. The van der Waals surface area contributed by atoms with Gasteiger partial charge in [-0.15, -0.1) is 0 Å². The van der Waals surface area contributed by atoms with Crippen molar-refractivity contribution in [1.29, 1.82) is 0 Å². The summed E-state index contributed by atoms with van der Waals surface area (Å²) in [4.78, 5) is 19.5. The van der Waals surface area contributed by atoms with Crippen molar-refractivity contribution in [3.63, 3.8) is 0 Å². The lowest BCUT2D eigenvalue weighted by atomic mass is 10.2. The molecule has 1 saturated carbocycles. The Bertz CT molecular complexity index is 679. The molecule has 2 aromatic rings. The van der Waals surface area contributed by atoms with Crippen LogP contribution in [0.1, 0.15) is 6.42 Å². The number of pyridine rings is 2. The van der Waals surface area contributed by atoms with Gasteiger partial charge in [0.05, 0.1) is 5.92 Å². The quantitative estimate of drug-likeness (QED) is 0.866. The number of anilines is 1. The van der Waals surface area contributed by atoms with E-state index in [1.807, 2.05) is 0 Å². The second-order valence-corrected chi connectivity index (χ2v) is 5.12. The minimum atomic E-state index is -1.03. The van der Waals surface area contributed by atoms with Crippen molar-refractivity contribution >= 4 is 45.7 Å². The molecule has 0 aliphatic heterocycles. The van der Waals surface area contributed by atoms with Crippen LogP contribution in [0.25, 0.3) is 10.8 Å². The molecule has 1 aliphatic rings. The van der Waals surface area contributed by atoms with Crippen LogP contribution in [0.3, 0.4) is 0 Å². The fourth-order valence-corrected chi connectivity index (χ4v) is 2.29. The lowest BCUT2D eigenvalue weighted by molar-refractivity contribution is -0.117. The number of rotatable bonds is 2.